The van der Waals surface area contributed by atoms with Crippen molar-refractivity contribution in [2.45, 2.75) is 0 Å². The van der Waals surface area contributed by atoms with Gasteiger partial charge in [-0.05, 0) is 23.8 Å². The minimum absolute atomic E-state index is 0.309. The summed E-state index contributed by atoms with van der Waals surface area (Å²) in [6.07, 6.45) is 2.88. The zero-order valence-electron chi connectivity index (χ0n) is 8.14. The van der Waals surface area contributed by atoms with Gasteiger partial charge in [0.15, 0.2) is 0 Å². The molecule has 0 N–H and O–H groups in total. The van der Waals surface area contributed by atoms with Gasteiger partial charge in [-0.15, -0.1) is 0 Å². The van der Waals surface area contributed by atoms with E-state index in [0.29, 0.717) is 5.57 Å². The molecule has 0 saturated heterocycles. The summed E-state index contributed by atoms with van der Waals surface area (Å²) in [5.74, 6) is -0.309. The Morgan fingerprint density at radius 1 is 1.47 bits per heavy atom. The number of oxime groups is 1. The maximum Gasteiger partial charge on any atom is 0.123 e. The Hall–Kier alpha value is -2.15. The number of allylic oxidation sites excluding steroid dienone is 1. The molecule has 1 aromatic rings. The van der Waals surface area contributed by atoms with Crippen molar-refractivity contribution >= 4 is 12.3 Å². The van der Waals surface area contributed by atoms with Gasteiger partial charge in [0, 0.05) is 0 Å². The molecule has 15 heavy (non-hydrogen) atoms. The van der Waals surface area contributed by atoms with Crippen LogP contribution in [0.1, 0.15) is 5.56 Å². The van der Waals surface area contributed by atoms with Crippen LogP contribution in [0, 0.1) is 17.1 Å². The number of hydrogen-bond donors (Lipinski definition) is 0. The molecule has 0 aliphatic carbocycles. The zero-order chi connectivity index (χ0) is 11.1. The monoisotopic (exact) mass is 204 g/mol. The molecule has 3 nitrogen and oxygen atoms in total. The van der Waals surface area contributed by atoms with Gasteiger partial charge in [-0.2, -0.15) is 5.26 Å². The molecule has 0 amide bonds. The van der Waals surface area contributed by atoms with Crippen LogP contribution in [0.25, 0.3) is 6.08 Å². The third kappa shape index (κ3) is 3.61. The van der Waals surface area contributed by atoms with E-state index in [1.807, 2.05) is 6.07 Å². The molecule has 0 aliphatic heterocycles. The molecule has 4 heteroatoms. The van der Waals surface area contributed by atoms with Gasteiger partial charge in [0.2, 0.25) is 0 Å². The Balaban J connectivity index is 2.89. The predicted octanol–water partition coefficient (Wildman–Crippen LogP) is 2.36. The molecular formula is C11H9FN2O. The number of hydrogen-bond acceptors (Lipinski definition) is 3. The van der Waals surface area contributed by atoms with E-state index in [0.717, 1.165) is 5.56 Å². The third-order valence-electron chi connectivity index (χ3n) is 1.62. The van der Waals surface area contributed by atoms with E-state index < -0.39 is 0 Å². The quantitative estimate of drug-likeness (QED) is 0.431. The molecule has 0 fully saturated rings. The van der Waals surface area contributed by atoms with Crippen LogP contribution < -0.4 is 0 Å². The van der Waals surface area contributed by atoms with Crippen molar-refractivity contribution < 1.29 is 9.23 Å². The summed E-state index contributed by atoms with van der Waals surface area (Å²) in [6, 6.07) is 7.75. The second-order valence-corrected chi connectivity index (χ2v) is 2.68. The predicted molar refractivity (Wildman–Crippen MR) is 55.5 cm³/mol. The Bertz CT molecular complexity index is 415. The van der Waals surface area contributed by atoms with Crippen molar-refractivity contribution in [2.24, 2.45) is 5.16 Å². The topological polar surface area (TPSA) is 45.4 Å². The van der Waals surface area contributed by atoms with E-state index >= 15 is 0 Å². The van der Waals surface area contributed by atoms with Gasteiger partial charge in [0.1, 0.15) is 19.0 Å². The molecule has 76 valence electrons. The maximum absolute atomic E-state index is 12.6. The molecule has 1 aromatic carbocycles. The summed E-state index contributed by atoms with van der Waals surface area (Å²) < 4.78 is 12.6. The number of nitrogens with zero attached hydrogens (tertiary/aromatic N) is 2. The van der Waals surface area contributed by atoms with Crippen LogP contribution in [-0.2, 0) is 4.84 Å². The Morgan fingerprint density at radius 2 is 2.13 bits per heavy atom. The molecule has 0 aliphatic rings. The number of benzene rings is 1. The first-order chi connectivity index (χ1) is 7.26. The van der Waals surface area contributed by atoms with Gasteiger partial charge >= 0.3 is 0 Å². The van der Waals surface area contributed by atoms with Crippen molar-refractivity contribution in [3.05, 3.63) is 41.2 Å². The molecule has 0 saturated carbocycles. The molecule has 0 aromatic heterocycles. The summed E-state index contributed by atoms with van der Waals surface area (Å²) in [4.78, 5) is 4.45. The summed E-state index contributed by atoms with van der Waals surface area (Å²) >= 11 is 0. The highest BCUT2D eigenvalue weighted by molar-refractivity contribution is 5.89. The molecule has 1 rings (SSSR count). The highest BCUT2D eigenvalue weighted by Gasteiger charge is 1.93. The van der Waals surface area contributed by atoms with Crippen molar-refractivity contribution in [1.82, 2.24) is 0 Å². The lowest BCUT2D eigenvalue weighted by Gasteiger charge is -1.93. The van der Waals surface area contributed by atoms with Gasteiger partial charge in [-0.1, -0.05) is 17.3 Å². The van der Waals surface area contributed by atoms with E-state index in [9.17, 15) is 4.39 Å². The summed E-state index contributed by atoms with van der Waals surface area (Å²) in [6.45, 7) is 0. The van der Waals surface area contributed by atoms with Crippen molar-refractivity contribution in [3.63, 3.8) is 0 Å². The van der Waals surface area contributed by atoms with E-state index in [1.165, 1.54) is 25.5 Å². The van der Waals surface area contributed by atoms with Crippen LogP contribution in [0.15, 0.2) is 35.0 Å². The molecule has 0 heterocycles. The van der Waals surface area contributed by atoms with Crippen molar-refractivity contribution in [1.29, 1.82) is 5.26 Å². The average Bonchev–Trinajstić information content (AvgIpc) is 2.27. The van der Waals surface area contributed by atoms with Crippen LogP contribution in [-0.4, -0.2) is 13.3 Å². The minimum atomic E-state index is -0.309. The summed E-state index contributed by atoms with van der Waals surface area (Å²) in [7, 11) is 1.39. The lowest BCUT2D eigenvalue weighted by molar-refractivity contribution is 0.215. The molecule has 0 atom stereocenters. The Morgan fingerprint density at radius 3 is 2.67 bits per heavy atom. The van der Waals surface area contributed by atoms with Crippen LogP contribution in [0.3, 0.4) is 0 Å². The number of rotatable bonds is 3. The fourth-order valence-electron chi connectivity index (χ4n) is 0.946. The first-order valence-corrected chi connectivity index (χ1v) is 4.20. The largest absolute Gasteiger partial charge is 0.399 e. The van der Waals surface area contributed by atoms with Gasteiger partial charge in [-0.25, -0.2) is 4.39 Å². The summed E-state index contributed by atoms with van der Waals surface area (Å²) in [5.41, 5.74) is 1.07. The zero-order valence-corrected chi connectivity index (χ0v) is 8.14. The van der Waals surface area contributed by atoms with E-state index in [4.69, 9.17) is 5.26 Å². The van der Waals surface area contributed by atoms with Crippen LogP contribution in [0.2, 0.25) is 0 Å². The molecule has 0 bridgehead atoms. The first-order valence-electron chi connectivity index (χ1n) is 4.20. The highest BCUT2D eigenvalue weighted by atomic mass is 19.1. The number of halogens is 1. The third-order valence-corrected chi connectivity index (χ3v) is 1.62. The highest BCUT2D eigenvalue weighted by Crippen LogP contribution is 2.07. The smallest absolute Gasteiger partial charge is 0.123 e. The van der Waals surface area contributed by atoms with Gasteiger partial charge in [0.05, 0.1) is 11.8 Å². The second kappa shape index (κ2) is 5.55. The molecule has 0 radical (unpaired) electrons. The van der Waals surface area contributed by atoms with E-state index in [1.54, 1.807) is 18.2 Å². The Kier molecular flexibility index (Phi) is 4.05. The maximum atomic E-state index is 12.6. The molecular weight excluding hydrogens is 195 g/mol. The van der Waals surface area contributed by atoms with E-state index in [-0.39, 0.29) is 5.82 Å². The number of nitriles is 1. The van der Waals surface area contributed by atoms with Crippen molar-refractivity contribution in [3.8, 4) is 6.07 Å². The molecule has 0 unspecified atom stereocenters. The van der Waals surface area contributed by atoms with Crippen LogP contribution in [0.5, 0.6) is 0 Å². The van der Waals surface area contributed by atoms with Crippen molar-refractivity contribution in [2.75, 3.05) is 7.11 Å². The SMILES string of the molecule is CO/N=C\C(C#N)=C\c1ccc(F)cc1. The normalized spacial score (nSPS) is 11.4. The summed E-state index contributed by atoms with van der Waals surface area (Å²) in [5, 5.41) is 12.2. The minimum Gasteiger partial charge on any atom is -0.399 e. The van der Waals surface area contributed by atoms with Gasteiger partial charge < -0.3 is 4.84 Å². The fraction of sp³-hybridized carbons (Fsp3) is 0.0909. The Labute approximate surface area is 87.1 Å². The fourth-order valence-corrected chi connectivity index (χ4v) is 0.946. The second-order valence-electron chi connectivity index (χ2n) is 2.68. The lowest BCUT2D eigenvalue weighted by atomic mass is 10.1. The standard InChI is InChI=1S/C11H9FN2O/c1-15-14-8-10(7-13)6-9-2-4-11(12)5-3-9/h2-6,8H,1H3/b10-6+,14-8-. The van der Waals surface area contributed by atoms with Gasteiger partial charge in [-0.3, -0.25) is 0 Å². The lowest BCUT2D eigenvalue weighted by Crippen LogP contribution is -1.83. The molecule has 0 spiro atoms. The van der Waals surface area contributed by atoms with E-state index in [2.05, 4.69) is 9.99 Å². The average molecular weight is 204 g/mol. The first kappa shape index (κ1) is 10.9. The van der Waals surface area contributed by atoms with Gasteiger partial charge in [0.25, 0.3) is 0 Å². The van der Waals surface area contributed by atoms with Crippen LogP contribution >= 0.6 is 0 Å². The van der Waals surface area contributed by atoms with Crippen LogP contribution in [0.4, 0.5) is 4.39 Å².